The van der Waals surface area contributed by atoms with Crippen LogP contribution in [0, 0.1) is 12.7 Å². The van der Waals surface area contributed by atoms with Crippen LogP contribution in [-0.2, 0) is 11.3 Å². The largest absolute Gasteiger partial charge is 0.495 e. The van der Waals surface area contributed by atoms with Crippen LogP contribution in [0.15, 0.2) is 55.0 Å². The molecule has 33 heavy (non-hydrogen) atoms. The summed E-state index contributed by atoms with van der Waals surface area (Å²) in [6.45, 7) is 2.41. The number of fused-ring (bicyclic) bond motifs is 1. The van der Waals surface area contributed by atoms with Crippen molar-refractivity contribution >= 4 is 29.7 Å². The molecule has 2 aromatic carbocycles. The van der Waals surface area contributed by atoms with Crippen molar-refractivity contribution in [2.75, 3.05) is 12.0 Å². The molecule has 9 heteroatoms. The van der Waals surface area contributed by atoms with Crippen molar-refractivity contribution in [2.24, 2.45) is 0 Å². The van der Waals surface area contributed by atoms with E-state index in [1.807, 2.05) is 52.6 Å². The molecule has 0 saturated carbocycles. The molecule has 0 N–H and O–H groups in total. The van der Waals surface area contributed by atoms with Gasteiger partial charge in [-0.15, -0.1) is 10.2 Å². The molecule has 8 nitrogen and oxygen atoms in total. The number of benzene rings is 2. The van der Waals surface area contributed by atoms with Crippen LogP contribution in [0.2, 0.25) is 0 Å². The van der Waals surface area contributed by atoms with Gasteiger partial charge in [0.25, 0.3) is 0 Å². The molecule has 0 spiro atoms. The van der Waals surface area contributed by atoms with Crippen molar-refractivity contribution < 1.29 is 13.9 Å². The van der Waals surface area contributed by atoms with E-state index in [9.17, 15) is 9.18 Å². The molecule has 0 saturated heterocycles. The van der Waals surface area contributed by atoms with Gasteiger partial charge in [-0.2, -0.15) is 0 Å². The first-order valence-corrected chi connectivity index (χ1v) is 10.4. The van der Waals surface area contributed by atoms with E-state index in [2.05, 4.69) is 15.2 Å². The first-order chi connectivity index (χ1) is 16.0. The molecule has 0 bridgehead atoms. The lowest BCUT2D eigenvalue weighted by Gasteiger charge is -2.26. The van der Waals surface area contributed by atoms with Crippen molar-refractivity contribution in [1.29, 1.82) is 0 Å². The average Bonchev–Trinajstić information content (AvgIpc) is 3.44. The summed E-state index contributed by atoms with van der Waals surface area (Å²) in [5.41, 5.74) is 3.29. The van der Waals surface area contributed by atoms with Crippen molar-refractivity contribution in [3.05, 3.63) is 77.9 Å². The summed E-state index contributed by atoms with van der Waals surface area (Å²) in [5.74, 6) is 1.29. The van der Waals surface area contributed by atoms with E-state index in [0.29, 0.717) is 36.2 Å². The number of carbonyl (C=O) groups excluding carboxylic acids is 1. The number of imidazole rings is 1. The van der Waals surface area contributed by atoms with Crippen molar-refractivity contribution in [2.45, 2.75) is 19.9 Å². The summed E-state index contributed by atoms with van der Waals surface area (Å²) in [5, 5.41) is 8.49. The fourth-order valence-corrected chi connectivity index (χ4v) is 3.82. The lowest BCUT2D eigenvalue weighted by atomic mass is 10.1. The van der Waals surface area contributed by atoms with E-state index in [1.54, 1.807) is 25.6 Å². The predicted molar refractivity (Wildman–Crippen MR) is 122 cm³/mol. The number of methoxy groups -OCH3 is 1. The number of carbonyl (C=O) groups is 1. The van der Waals surface area contributed by atoms with Crippen LogP contribution in [0.4, 0.5) is 16.0 Å². The molecule has 0 aliphatic carbocycles. The van der Waals surface area contributed by atoms with E-state index in [0.717, 1.165) is 16.9 Å². The van der Waals surface area contributed by atoms with Gasteiger partial charge in [0.15, 0.2) is 5.82 Å². The van der Waals surface area contributed by atoms with Gasteiger partial charge in [0, 0.05) is 19.2 Å². The van der Waals surface area contributed by atoms with Gasteiger partial charge in [0.1, 0.15) is 11.6 Å². The number of aromatic nitrogens is 5. The zero-order valence-corrected chi connectivity index (χ0v) is 18.1. The quantitative estimate of drug-likeness (QED) is 0.462. The Morgan fingerprint density at radius 2 is 1.91 bits per heavy atom. The minimum atomic E-state index is -0.363. The number of halogens is 1. The Labute approximate surface area is 189 Å². The number of amides is 1. The molecule has 0 atom stereocenters. The summed E-state index contributed by atoms with van der Waals surface area (Å²) in [4.78, 5) is 18.3. The second kappa shape index (κ2) is 8.34. The van der Waals surface area contributed by atoms with Gasteiger partial charge in [-0.05, 0) is 55.0 Å². The second-order valence-electron chi connectivity index (χ2n) is 7.65. The van der Waals surface area contributed by atoms with E-state index in [1.165, 1.54) is 17.0 Å². The van der Waals surface area contributed by atoms with E-state index in [4.69, 9.17) is 4.74 Å². The van der Waals surface area contributed by atoms with Gasteiger partial charge in [0.05, 0.1) is 30.5 Å². The molecule has 2 aromatic heterocycles. The minimum Gasteiger partial charge on any atom is -0.495 e. The molecule has 3 heterocycles. The topological polar surface area (TPSA) is 78.1 Å². The number of aryl methyl sites for hydroxylation is 1. The highest BCUT2D eigenvalue weighted by molar-refractivity contribution is 6.00. The van der Waals surface area contributed by atoms with Crippen LogP contribution < -0.4 is 9.64 Å². The third-order valence-corrected chi connectivity index (χ3v) is 5.46. The van der Waals surface area contributed by atoms with Crippen molar-refractivity contribution in [3.8, 4) is 11.4 Å². The number of anilines is 2. The Hall–Kier alpha value is -4.27. The van der Waals surface area contributed by atoms with Gasteiger partial charge >= 0.3 is 0 Å². The van der Waals surface area contributed by atoms with Crippen molar-refractivity contribution in [1.82, 2.24) is 24.3 Å². The summed E-state index contributed by atoms with van der Waals surface area (Å²) in [6.07, 6.45) is 7.76. The first-order valence-electron chi connectivity index (χ1n) is 10.4. The number of hydrogen-bond donors (Lipinski definition) is 0. The normalized spacial score (nSPS) is 13.5. The molecule has 5 rings (SSSR count). The Kier molecular flexibility index (Phi) is 5.21. The zero-order valence-electron chi connectivity index (χ0n) is 18.1. The van der Waals surface area contributed by atoms with Crippen LogP contribution >= 0.6 is 0 Å². The third-order valence-electron chi connectivity index (χ3n) is 5.46. The maximum Gasteiger partial charge on any atom is 0.238 e. The lowest BCUT2D eigenvalue weighted by molar-refractivity contribution is -0.118. The summed E-state index contributed by atoms with van der Waals surface area (Å²) in [7, 11) is 1.63. The monoisotopic (exact) mass is 444 g/mol. The maximum atomic E-state index is 13.3. The molecule has 0 unspecified atom stereocenters. The van der Waals surface area contributed by atoms with Crippen LogP contribution in [-0.4, -0.2) is 37.3 Å². The van der Waals surface area contributed by atoms with Crippen LogP contribution in [0.25, 0.3) is 17.8 Å². The molecular weight excluding hydrogens is 423 g/mol. The predicted octanol–water partition coefficient (Wildman–Crippen LogP) is 4.16. The van der Waals surface area contributed by atoms with Crippen LogP contribution in [0.3, 0.4) is 0 Å². The first kappa shape index (κ1) is 20.6. The zero-order chi connectivity index (χ0) is 22.9. The fraction of sp³-hybridized carbons (Fsp3) is 0.167. The van der Waals surface area contributed by atoms with Gasteiger partial charge in [-0.3, -0.25) is 9.36 Å². The van der Waals surface area contributed by atoms with Gasteiger partial charge in [-0.1, -0.05) is 12.1 Å². The Balaban J connectivity index is 1.44. The standard InChI is InChI=1S/C24H21FN6O2/c1-16-14-29(15-26-16)20-9-3-17(13-21(20)33-2)4-10-22-27-28-24-30(22)12-11-23(32)31(24)19-7-5-18(25)6-8-19/h3-10,13-15H,11-12H2,1-2H3/b10-4+. The summed E-state index contributed by atoms with van der Waals surface area (Å²) in [6, 6.07) is 11.6. The molecule has 0 fully saturated rings. The Bertz CT molecular complexity index is 1360. The maximum absolute atomic E-state index is 13.3. The van der Waals surface area contributed by atoms with Crippen LogP contribution in [0.5, 0.6) is 5.75 Å². The van der Waals surface area contributed by atoms with Crippen LogP contribution in [0.1, 0.15) is 23.5 Å². The smallest absolute Gasteiger partial charge is 0.238 e. The Morgan fingerprint density at radius 3 is 2.64 bits per heavy atom. The molecule has 166 valence electrons. The lowest BCUT2D eigenvalue weighted by Crippen LogP contribution is -2.34. The van der Waals surface area contributed by atoms with Gasteiger partial charge < -0.3 is 9.30 Å². The van der Waals surface area contributed by atoms with Crippen molar-refractivity contribution in [3.63, 3.8) is 0 Å². The highest BCUT2D eigenvalue weighted by Crippen LogP contribution is 2.30. The third kappa shape index (κ3) is 3.89. The van der Waals surface area contributed by atoms with Gasteiger partial charge in [-0.25, -0.2) is 14.3 Å². The average molecular weight is 444 g/mol. The molecule has 1 amide bonds. The number of nitrogens with zero attached hydrogens (tertiary/aromatic N) is 6. The molecule has 1 aliphatic heterocycles. The number of rotatable bonds is 5. The highest BCUT2D eigenvalue weighted by Gasteiger charge is 2.29. The number of ether oxygens (including phenoxy) is 1. The summed E-state index contributed by atoms with van der Waals surface area (Å²) >= 11 is 0. The number of hydrogen-bond acceptors (Lipinski definition) is 5. The molecular formula is C24H21FN6O2. The minimum absolute atomic E-state index is 0.105. The molecule has 0 radical (unpaired) electrons. The van der Waals surface area contributed by atoms with E-state index in [-0.39, 0.29) is 11.7 Å². The molecule has 1 aliphatic rings. The van der Waals surface area contributed by atoms with Gasteiger partial charge in [0.2, 0.25) is 11.9 Å². The van der Waals surface area contributed by atoms with E-state index >= 15 is 0 Å². The Morgan fingerprint density at radius 1 is 1.09 bits per heavy atom. The SMILES string of the molecule is COc1cc(/C=C/c2nnc3n2CCC(=O)N3c2ccc(F)cc2)ccc1-n1cnc(C)c1. The second-order valence-corrected chi connectivity index (χ2v) is 7.65. The highest BCUT2D eigenvalue weighted by atomic mass is 19.1. The summed E-state index contributed by atoms with van der Waals surface area (Å²) < 4.78 is 22.7. The van der Waals surface area contributed by atoms with E-state index < -0.39 is 0 Å². The fourth-order valence-electron chi connectivity index (χ4n) is 3.82. The molecule has 4 aromatic rings.